The van der Waals surface area contributed by atoms with Crippen molar-refractivity contribution in [3.05, 3.63) is 83.4 Å². The molecule has 2 aromatic heterocycles. The normalized spacial score (nSPS) is 17.5. The Bertz CT molecular complexity index is 2460. The maximum Gasteiger partial charge on any atom is 0.272 e. The van der Waals surface area contributed by atoms with Gasteiger partial charge in [0.2, 0.25) is 19.1 Å². The van der Waals surface area contributed by atoms with Crippen LogP contribution in [0.3, 0.4) is 0 Å². The van der Waals surface area contributed by atoms with Crippen molar-refractivity contribution in [2.24, 2.45) is 11.8 Å². The van der Waals surface area contributed by atoms with Gasteiger partial charge >= 0.3 is 0 Å². The van der Waals surface area contributed by atoms with Crippen LogP contribution < -0.4 is 16.0 Å². The van der Waals surface area contributed by atoms with Crippen LogP contribution in [0.2, 0.25) is 0 Å². The number of hydrogen-bond donors (Lipinski definition) is 3. The fraction of sp³-hybridized carbons (Fsp3) is 0.615. The Kier molecular flexibility index (Phi) is 22.4. The molecule has 2 atom stereocenters. The number of hydrogen-bond acceptors (Lipinski definition) is 10. The maximum absolute atomic E-state index is 13.3. The summed E-state index contributed by atoms with van der Waals surface area (Å²) in [7, 11) is -1.84. The van der Waals surface area contributed by atoms with Crippen LogP contribution in [0.1, 0.15) is 145 Å². The molecule has 2 fully saturated rings. The van der Waals surface area contributed by atoms with Crippen molar-refractivity contribution in [1.29, 1.82) is 0 Å². The van der Waals surface area contributed by atoms with Gasteiger partial charge in [-0.05, 0) is 77.9 Å². The minimum Gasteiger partial charge on any atom is -0.348 e. The highest BCUT2D eigenvalue weighted by Gasteiger charge is 2.34. The molecule has 2 aromatic carbocycles. The summed E-state index contributed by atoms with van der Waals surface area (Å²) in [6.07, 6.45) is 12.3. The number of aromatic nitrogens is 4. The molecule has 2 amide bonds. The second-order valence-electron chi connectivity index (χ2n) is 18.7. The fourth-order valence-corrected chi connectivity index (χ4v) is 10.8. The van der Waals surface area contributed by atoms with Gasteiger partial charge in [-0.15, -0.1) is 0 Å². The molecular formula is C52H80ClN9O6S2. The predicted octanol–water partition coefficient (Wildman–Crippen LogP) is 8.69. The number of sulfonamides is 1. The van der Waals surface area contributed by atoms with Crippen molar-refractivity contribution in [1.82, 2.24) is 44.3 Å². The smallest absolute Gasteiger partial charge is 0.272 e. The molecule has 15 nitrogen and oxygen atoms in total. The Morgan fingerprint density at radius 1 is 0.657 bits per heavy atom. The van der Waals surface area contributed by atoms with Gasteiger partial charge in [-0.3, -0.25) is 9.59 Å². The number of amides is 2. The average Bonchev–Trinajstić information content (AvgIpc) is 3.98. The van der Waals surface area contributed by atoms with E-state index in [4.69, 9.17) is 9.97 Å². The Morgan fingerprint density at radius 2 is 1.09 bits per heavy atom. The van der Waals surface area contributed by atoms with E-state index in [1.165, 1.54) is 82.2 Å². The van der Waals surface area contributed by atoms with Gasteiger partial charge in [-0.1, -0.05) is 127 Å². The quantitative estimate of drug-likeness (QED) is 0.103. The van der Waals surface area contributed by atoms with E-state index in [0.717, 1.165) is 54.4 Å². The van der Waals surface area contributed by atoms with E-state index in [0.29, 0.717) is 48.6 Å². The van der Waals surface area contributed by atoms with Crippen LogP contribution in [0.4, 0.5) is 0 Å². The molecule has 8 rings (SSSR count). The summed E-state index contributed by atoms with van der Waals surface area (Å²) in [6.45, 7) is 21.0. The van der Waals surface area contributed by atoms with Gasteiger partial charge in [-0.2, -0.15) is 4.31 Å². The summed E-state index contributed by atoms with van der Waals surface area (Å²) in [4.78, 5) is 38.2. The van der Waals surface area contributed by atoms with Crippen LogP contribution in [0.5, 0.6) is 0 Å². The van der Waals surface area contributed by atoms with E-state index in [1.54, 1.807) is 6.92 Å². The number of carbonyl (C=O) groups is 2. The summed E-state index contributed by atoms with van der Waals surface area (Å²) in [5.74, 6) is 2.52. The zero-order chi connectivity index (χ0) is 50.8. The molecule has 0 saturated heterocycles. The van der Waals surface area contributed by atoms with Gasteiger partial charge < -0.3 is 30.0 Å². The first-order valence-electron chi connectivity index (χ1n) is 25.8. The standard InChI is InChI=1S/C23H32N4O3S.C21H28N4O.C6H15N.C2H5ClO2S/c1-3-31(29,30)26-14-15-27-20(16-26)21(25-22(27)19-12-8-5-9-13-19)23(28)24-17(2)18-10-6-4-7-11-18;1-15(16-8-4-2-5-9-16)23-21(26)19-18-14-22-12-13-25(18)20(24-19)17-10-6-3-7-11-17;1-4-7(5-2)6-3;1-2-6(3,4)5/h5,8-9,12-13,17-18H,3-4,6-7,10-11,14-16H2,1-2H3,(H,24,28);3,6-7,10-11,15-16,22H,2,4-5,8-9,12-14H2,1H3,(H,23,26);4-6H2,1-3H3;2H2,1H3/t17-;15-;;/m11../s1. The predicted molar refractivity (Wildman–Crippen MR) is 283 cm³/mol. The van der Waals surface area contributed by atoms with Gasteiger partial charge in [0, 0.05) is 66.6 Å². The first-order chi connectivity index (χ1) is 33.5. The number of nitrogens with one attached hydrogen (secondary N) is 3. The Labute approximate surface area is 423 Å². The highest BCUT2D eigenvalue weighted by molar-refractivity contribution is 8.13. The van der Waals surface area contributed by atoms with E-state index in [1.807, 2.05) is 53.1 Å². The minimum absolute atomic E-state index is 0.00849. The number of carbonyl (C=O) groups excluding carboxylic acids is 2. The lowest BCUT2D eigenvalue weighted by atomic mass is 9.84. The number of halogens is 1. The van der Waals surface area contributed by atoms with Gasteiger partial charge in [0.15, 0.2) is 11.4 Å². The van der Waals surface area contributed by atoms with E-state index in [9.17, 15) is 26.4 Å². The van der Waals surface area contributed by atoms with Gasteiger partial charge in [0.25, 0.3) is 11.8 Å². The van der Waals surface area contributed by atoms with Crippen molar-refractivity contribution in [2.45, 2.75) is 151 Å². The summed E-state index contributed by atoms with van der Waals surface area (Å²) >= 11 is 0. The summed E-state index contributed by atoms with van der Waals surface area (Å²) in [5.41, 5.74) is 4.60. The van der Waals surface area contributed by atoms with Crippen molar-refractivity contribution in [3.63, 3.8) is 0 Å². The van der Waals surface area contributed by atoms with Crippen LogP contribution in [-0.4, -0.2) is 113 Å². The third-order valence-electron chi connectivity index (χ3n) is 14.2. The third kappa shape index (κ3) is 15.9. The molecule has 0 spiro atoms. The number of imidazole rings is 2. The van der Waals surface area contributed by atoms with Crippen molar-refractivity contribution in [2.75, 3.05) is 44.2 Å². The Balaban J connectivity index is 0.000000210. The van der Waals surface area contributed by atoms with Crippen LogP contribution in [0, 0.1) is 11.8 Å². The maximum atomic E-state index is 13.3. The minimum atomic E-state index is -3.34. The Hall–Kier alpha value is -4.13. The van der Waals surface area contributed by atoms with Gasteiger partial charge in [0.1, 0.15) is 11.6 Å². The Morgan fingerprint density at radius 3 is 1.49 bits per heavy atom. The lowest BCUT2D eigenvalue weighted by Gasteiger charge is -2.29. The highest BCUT2D eigenvalue weighted by atomic mass is 35.7. The molecular weight excluding hydrogens is 946 g/mol. The lowest BCUT2D eigenvalue weighted by molar-refractivity contribution is 0.0904. The largest absolute Gasteiger partial charge is 0.348 e. The molecule has 0 radical (unpaired) electrons. The summed E-state index contributed by atoms with van der Waals surface area (Å²) in [5, 5.41) is 9.78. The molecule has 4 aromatic rings. The van der Waals surface area contributed by atoms with Gasteiger partial charge in [-0.25, -0.2) is 26.8 Å². The summed E-state index contributed by atoms with van der Waals surface area (Å²) < 4.78 is 50.2. The molecule has 2 aliphatic heterocycles. The molecule has 0 bridgehead atoms. The summed E-state index contributed by atoms with van der Waals surface area (Å²) in [6, 6.07) is 20.2. The van der Waals surface area contributed by atoms with Crippen molar-refractivity contribution < 1.29 is 26.4 Å². The average molecular weight is 1030 g/mol. The molecule has 388 valence electrons. The van der Waals surface area contributed by atoms with E-state index in [2.05, 4.69) is 82.9 Å². The molecule has 4 heterocycles. The van der Waals surface area contributed by atoms with Gasteiger partial charge in [0.05, 0.1) is 29.4 Å². The van der Waals surface area contributed by atoms with E-state index >= 15 is 0 Å². The highest BCUT2D eigenvalue weighted by Crippen LogP contribution is 2.31. The molecule has 2 saturated carbocycles. The molecule has 70 heavy (non-hydrogen) atoms. The number of rotatable bonds is 14. The molecule has 0 unspecified atom stereocenters. The molecule has 18 heteroatoms. The fourth-order valence-electron chi connectivity index (χ4n) is 9.77. The van der Waals surface area contributed by atoms with Crippen LogP contribution in [0.15, 0.2) is 60.7 Å². The second-order valence-corrected chi connectivity index (χ2v) is 24.0. The van der Waals surface area contributed by atoms with Crippen molar-refractivity contribution >= 4 is 41.6 Å². The first kappa shape index (κ1) is 56.8. The number of nitrogens with zero attached hydrogens (tertiary/aromatic N) is 6. The first-order valence-corrected chi connectivity index (χ1v) is 29.9. The molecule has 2 aliphatic carbocycles. The van der Waals surface area contributed by atoms with Crippen molar-refractivity contribution in [3.8, 4) is 22.8 Å². The van der Waals surface area contributed by atoms with E-state index in [-0.39, 0.29) is 41.9 Å². The van der Waals surface area contributed by atoms with Crippen LogP contribution in [0.25, 0.3) is 22.8 Å². The van der Waals surface area contributed by atoms with Crippen LogP contribution in [-0.2, 0) is 45.3 Å². The van der Waals surface area contributed by atoms with E-state index < -0.39 is 19.1 Å². The molecule has 3 N–H and O–H groups in total. The monoisotopic (exact) mass is 1030 g/mol. The third-order valence-corrected chi connectivity index (χ3v) is 17.4. The topological polar surface area (TPSA) is 181 Å². The SMILES string of the molecule is CCN(CC)CC.CCS(=O)(=O)Cl.CCS(=O)(=O)N1CCn2c(-c3ccccc3)nc(C(=O)N[C@H](C)C3CCCCC3)c2C1.C[C@@H](NC(=O)c1nc(-c2ccccc2)n2c1CNCC2)C1CCCCC1. The zero-order valence-corrected chi connectivity index (χ0v) is 45.1. The zero-order valence-electron chi connectivity index (χ0n) is 42.8. The molecule has 4 aliphatic rings. The van der Waals surface area contributed by atoms with Crippen LogP contribution >= 0.6 is 10.7 Å². The second kappa shape index (κ2) is 27.6. The number of benzene rings is 2. The number of fused-ring (bicyclic) bond motifs is 2. The lowest BCUT2D eigenvalue weighted by Crippen LogP contribution is -2.42.